The zero-order valence-corrected chi connectivity index (χ0v) is 19.8. The van der Waals surface area contributed by atoms with Crippen LogP contribution in [0, 0.1) is 5.92 Å². The van der Waals surface area contributed by atoms with Crippen molar-refractivity contribution in [2.75, 3.05) is 19.8 Å². The zero-order valence-electron chi connectivity index (χ0n) is 19.8. The number of aliphatic hydroxyl groups is 1. The van der Waals surface area contributed by atoms with Gasteiger partial charge in [0, 0.05) is 6.61 Å². The molecule has 0 aliphatic carbocycles. The van der Waals surface area contributed by atoms with Crippen LogP contribution in [0.5, 0.6) is 0 Å². The highest BCUT2D eigenvalue weighted by molar-refractivity contribution is 5.13. The third kappa shape index (κ3) is 16.8. The molecule has 1 aromatic rings. The molecule has 3 nitrogen and oxygen atoms in total. The lowest BCUT2D eigenvalue weighted by atomic mass is 10.0. The average Bonchev–Trinajstić information content (AvgIpc) is 2.76. The second-order valence-electron chi connectivity index (χ2n) is 9.10. The Morgan fingerprint density at radius 1 is 0.733 bits per heavy atom. The van der Waals surface area contributed by atoms with Gasteiger partial charge in [-0.15, -0.1) is 0 Å². The van der Waals surface area contributed by atoms with Crippen LogP contribution in [0.15, 0.2) is 30.3 Å². The number of benzene rings is 1. The van der Waals surface area contributed by atoms with Gasteiger partial charge in [-0.2, -0.15) is 0 Å². The minimum atomic E-state index is -0.236. The molecule has 1 aromatic carbocycles. The van der Waals surface area contributed by atoms with Gasteiger partial charge in [-0.25, -0.2) is 0 Å². The van der Waals surface area contributed by atoms with Crippen molar-refractivity contribution < 1.29 is 14.6 Å². The molecule has 0 spiro atoms. The fraction of sp³-hybridized carbons (Fsp3) is 0.778. The molecule has 0 saturated carbocycles. The Balaban J connectivity index is 1.80. The molecule has 0 unspecified atom stereocenters. The molecule has 0 aromatic heterocycles. The van der Waals surface area contributed by atoms with Crippen molar-refractivity contribution in [1.82, 2.24) is 0 Å². The largest absolute Gasteiger partial charge is 0.394 e. The van der Waals surface area contributed by atoms with Crippen molar-refractivity contribution in [2.45, 2.75) is 110 Å². The van der Waals surface area contributed by atoms with E-state index in [1.807, 2.05) is 30.3 Å². The molecule has 0 heterocycles. The molecule has 0 saturated heterocycles. The van der Waals surface area contributed by atoms with Crippen LogP contribution in [-0.4, -0.2) is 31.0 Å². The van der Waals surface area contributed by atoms with E-state index in [1.165, 1.54) is 77.0 Å². The highest BCUT2D eigenvalue weighted by Crippen LogP contribution is 2.14. The number of ether oxygens (including phenoxy) is 2. The Kier molecular flexibility index (Phi) is 18.1. The Labute approximate surface area is 186 Å². The van der Waals surface area contributed by atoms with Crippen molar-refractivity contribution in [2.24, 2.45) is 5.92 Å². The van der Waals surface area contributed by atoms with Gasteiger partial charge in [-0.1, -0.05) is 121 Å². The minimum Gasteiger partial charge on any atom is -0.394 e. The van der Waals surface area contributed by atoms with Crippen molar-refractivity contribution in [3.05, 3.63) is 35.9 Å². The number of hydrogen-bond donors (Lipinski definition) is 1. The van der Waals surface area contributed by atoms with E-state index in [1.54, 1.807) is 0 Å². The maximum atomic E-state index is 9.43. The summed E-state index contributed by atoms with van der Waals surface area (Å²) in [5, 5.41) is 9.43. The summed E-state index contributed by atoms with van der Waals surface area (Å²) in [6.45, 7) is 6.41. The summed E-state index contributed by atoms with van der Waals surface area (Å²) in [6, 6.07) is 10.1. The Morgan fingerprint density at radius 2 is 1.27 bits per heavy atom. The molecule has 174 valence electrons. The summed E-state index contributed by atoms with van der Waals surface area (Å²) < 4.78 is 11.4. The van der Waals surface area contributed by atoms with Gasteiger partial charge < -0.3 is 14.6 Å². The van der Waals surface area contributed by atoms with E-state index < -0.39 is 0 Å². The number of hydrogen-bond acceptors (Lipinski definition) is 3. The third-order valence-corrected chi connectivity index (χ3v) is 5.66. The molecule has 0 aliphatic rings. The van der Waals surface area contributed by atoms with Gasteiger partial charge in [0.1, 0.15) is 6.10 Å². The maximum Gasteiger partial charge on any atom is 0.104 e. The van der Waals surface area contributed by atoms with Gasteiger partial charge >= 0.3 is 0 Å². The van der Waals surface area contributed by atoms with Crippen LogP contribution in [0.25, 0.3) is 0 Å². The third-order valence-electron chi connectivity index (χ3n) is 5.66. The van der Waals surface area contributed by atoms with Crippen LogP contribution in [0.2, 0.25) is 0 Å². The first-order chi connectivity index (χ1) is 14.7. The standard InChI is InChI=1S/C27H48O3/c1-25(2)18-14-11-9-7-5-3-4-6-8-10-12-17-21-29-24-27(22-28)30-23-26-19-15-13-16-20-26/h13,15-16,19-20,25,27-28H,3-12,14,17-18,21-24H2,1-2H3/t27-/m0/s1. The molecule has 0 bridgehead atoms. The van der Waals surface area contributed by atoms with Gasteiger partial charge in [0.15, 0.2) is 0 Å². The SMILES string of the molecule is CC(C)CCCCCCCCCCCCCCOC[C@H](CO)OCc1ccccc1. The van der Waals surface area contributed by atoms with Crippen molar-refractivity contribution in [3.8, 4) is 0 Å². The molecular weight excluding hydrogens is 372 g/mol. The van der Waals surface area contributed by atoms with Crippen LogP contribution in [0.3, 0.4) is 0 Å². The first kappa shape index (κ1) is 27.1. The minimum absolute atomic E-state index is 0.00474. The highest BCUT2D eigenvalue weighted by Gasteiger charge is 2.08. The van der Waals surface area contributed by atoms with Gasteiger partial charge in [-0.3, -0.25) is 0 Å². The molecule has 1 rings (SSSR count). The van der Waals surface area contributed by atoms with E-state index >= 15 is 0 Å². The molecule has 30 heavy (non-hydrogen) atoms. The average molecular weight is 421 g/mol. The molecule has 0 aliphatic heterocycles. The summed E-state index contributed by atoms with van der Waals surface area (Å²) >= 11 is 0. The second-order valence-corrected chi connectivity index (χ2v) is 9.10. The van der Waals surface area contributed by atoms with E-state index in [2.05, 4.69) is 13.8 Å². The van der Waals surface area contributed by atoms with Crippen molar-refractivity contribution in [1.29, 1.82) is 0 Å². The second kappa shape index (κ2) is 20.0. The molecule has 1 N–H and O–H groups in total. The van der Waals surface area contributed by atoms with Gasteiger partial charge in [0.2, 0.25) is 0 Å². The predicted octanol–water partition coefficient (Wildman–Crippen LogP) is 7.31. The first-order valence-electron chi connectivity index (χ1n) is 12.6. The molecule has 0 amide bonds. The molecule has 1 atom stereocenters. The van der Waals surface area contributed by atoms with Gasteiger partial charge in [0.25, 0.3) is 0 Å². The normalized spacial score (nSPS) is 12.5. The summed E-state index contributed by atoms with van der Waals surface area (Å²) in [5.74, 6) is 0.868. The number of aliphatic hydroxyl groups excluding tert-OH is 1. The van der Waals surface area contributed by atoms with Crippen LogP contribution < -0.4 is 0 Å². The summed E-state index contributed by atoms with van der Waals surface area (Å²) in [6.07, 6.45) is 17.5. The molecule has 0 fully saturated rings. The molecule has 3 heteroatoms. The Morgan fingerprint density at radius 3 is 1.80 bits per heavy atom. The topological polar surface area (TPSA) is 38.7 Å². The predicted molar refractivity (Wildman–Crippen MR) is 128 cm³/mol. The van der Waals surface area contributed by atoms with Crippen molar-refractivity contribution >= 4 is 0 Å². The molecule has 0 radical (unpaired) electrons. The van der Waals surface area contributed by atoms with Crippen LogP contribution in [-0.2, 0) is 16.1 Å². The van der Waals surface area contributed by atoms with E-state index in [-0.39, 0.29) is 12.7 Å². The summed E-state index contributed by atoms with van der Waals surface area (Å²) in [5.41, 5.74) is 1.12. The summed E-state index contributed by atoms with van der Waals surface area (Å²) in [4.78, 5) is 0. The van der Waals surface area contributed by atoms with Crippen molar-refractivity contribution in [3.63, 3.8) is 0 Å². The molecular formula is C27H48O3. The first-order valence-corrected chi connectivity index (χ1v) is 12.6. The number of unbranched alkanes of at least 4 members (excludes halogenated alkanes) is 11. The quantitative estimate of drug-likeness (QED) is 0.212. The summed E-state index contributed by atoms with van der Waals surface area (Å²) in [7, 11) is 0. The van der Waals surface area contributed by atoms with E-state index in [0.29, 0.717) is 13.2 Å². The Hall–Kier alpha value is -0.900. The number of rotatable bonds is 21. The van der Waals surface area contributed by atoms with E-state index in [4.69, 9.17) is 9.47 Å². The maximum absolute atomic E-state index is 9.43. The fourth-order valence-corrected chi connectivity index (χ4v) is 3.68. The van der Waals surface area contributed by atoms with Gasteiger partial charge in [0.05, 0.1) is 19.8 Å². The lowest BCUT2D eigenvalue weighted by Crippen LogP contribution is -2.24. The lowest BCUT2D eigenvalue weighted by Gasteiger charge is -2.15. The smallest absolute Gasteiger partial charge is 0.104 e. The van der Waals surface area contributed by atoms with Crippen LogP contribution >= 0.6 is 0 Å². The van der Waals surface area contributed by atoms with Crippen LogP contribution in [0.4, 0.5) is 0 Å². The monoisotopic (exact) mass is 420 g/mol. The zero-order chi connectivity index (χ0) is 21.7. The van der Waals surface area contributed by atoms with E-state index in [9.17, 15) is 5.11 Å². The lowest BCUT2D eigenvalue weighted by molar-refractivity contribution is -0.0502. The van der Waals surface area contributed by atoms with Gasteiger partial charge in [-0.05, 0) is 17.9 Å². The highest BCUT2D eigenvalue weighted by atomic mass is 16.5. The van der Waals surface area contributed by atoms with Crippen LogP contribution in [0.1, 0.15) is 103 Å². The van der Waals surface area contributed by atoms with E-state index in [0.717, 1.165) is 24.5 Å². The fourth-order valence-electron chi connectivity index (χ4n) is 3.68. The Bertz CT molecular complexity index is 460.